The van der Waals surface area contributed by atoms with E-state index in [-0.39, 0.29) is 24.7 Å². The topological polar surface area (TPSA) is 67.9 Å². The fourth-order valence-corrected chi connectivity index (χ4v) is 3.76. The van der Waals surface area contributed by atoms with E-state index in [1.165, 1.54) is 0 Å². The number of nitrogens with zero attached hydrogens (tertiary/aromatic N) is 1. The molecule has 1 heterocycles. The number of benzene rings is 3. The van der Waals surface area contributed by atoms with E-state index in [1.807, 2.05) is 78.9 Å². The smallest absolute Gasteiger partial charge is 0.227 e. The summed E-state index contributed by atoms with van der Waals surface area (Å²) in [6.07, 6.45) is 0.311. The van der Waals surface area contributed by atoms with E-state index >= 15 is 0 Å². The Morgan fingerprint density at radius 1 is 0.848 bits per heavy atom. The Balaban J connectivity index is 1.21. The summed E-state index contributed by atoms with van der Waals surface area (Å²) >= 11 is 0. The van der Waals surface area contributed by atoms with Gasteiger partial charge in [0.05, 0.1) is 25.4 Å². The standard InChI is InChI=1S/C27H28N2O4/c30-26(13-14-27(31)29-15-16-33-25-12-5-4-11-24(25)29)28-18-22-9-6-10-23(17-22)20-32-19-21-7-2-1-3-8-21/h1-12,17H,13-16,18-20H2,(H,28,30). The van der Waals surface area contributed by atoms with Crippen LogP contribution in [0.15, 0.2) is 78.9 Å². The molecule has 0 fully saturated rings. The molecule has 1 aliphatic heterocycles. The van der Waals surface area contributed by atoms with E-state index in [1.54, 1.807) is 4.90 Å². The Morgan fingerprint density at radius 3 is 2.45 bits per heavy atom. The molecular weight excluding hydrogens is 416 g/mol. The Bertz CT molecular complexity index is 1080. The number of ether oxygens (including phenoxy) is 2. The molecule has 33 heavy (non-hydrogen) atoms. The Morgan fingerprint density at radius 2 is 1.58 bits per heavy atom. The van der Waals surface area contributed by atoms with Crippen LogP contribution in [0.2, 0.25) is 0 Å². The molecule has 6 heteroatoms. The van der Waals surface area contributed by atoms with Crippen LogP contribution in [0.1, 0.15) is 29.5 Å². The second-order valence-electron chi connectivity index (χ2n) is 7.94. The highest BCUT2D eigenvalue weighted by Crippen LogP contribution is 2.31. The summed E-state index contributed by atoms with van der Waals surface area (Å²) in [5, 5.41) is 2.91. The van der Waals surface area contributed by atoms with Crippen LogP contribution < -0.4 is 15.0 Å². The van der Waals surface area contributed by atoms with Crippen molar-refractivity contribution in [1.29, 1.82) is 0 Å². The van der Waals surface area contributed by atoms with Crippen LogP contribution in [-0.2, 0) is 34.1 Å². The lowest BCUT2D eigenvalue weighted by Crippen LogP contribution is -2.38. The third-order valence-corrected chi connectivity index (χ3v) is 5.46. The number of anilines is 1. The predicted molar refractivity (Wildman–Crippen MR) is 127 cm³/mol. The molecule has 3 aromatic carbocycles. The van der Waals surface area contributed by atoms with Crippen molar-refractivity contribution in [2.45, 2.75) is 32.6 Å². The second kappa shape index (κ2) is 11.3. The molecule has 4 rings (SSSR count). The number of rotatable bonds is 9. The average Bonchev–Trinajstić information content (AvgIpc) is 2.86. The molecule has 0 spiro atoms. The van der Waals surface area contributed by atoms with Crippen LogP contribution >= 0.6 is 0 Å². The molecule has 0 atom stereocenters. The van der Waals surface area contributed by atoms with Crippen molar-refractivity contribution >= 4 is 17.5 Å². The summed E-state index contributed by atoms with van der Waals surface area (Å²) < 4.78 is 11.4. The fourth-order valence-electron chi connectivity index (χ4n) is 3.76. The number of hydrogen-bond donors (Lipinski definition) is 1. The number of nitrogens with one attached hydrogen (secondary N) is 1. The summed E-state index contributed by atoms with van der Waals surface area (Å²) in [5.74, 6) is 0.489. The van der Waals surface area contributed by atoms with Gasteiger partial charge in [-0.3, -0.25) is 9.59 Å². The van der Waals surface area contributed by atoms with Gasteiger partial charge < -0.3 is 19.7 Å². The van der Waals surface area contributed by atoms with Gasteiger partial charge in [0, 0.05) is 19.4 Å². The summed E-state index contributed by atoms with van der Waals surface area (Å²) in [6, 6.07) is 25.5. The summed E-state index contributed by atoms with van der Waals surface area (Å²) in [5.41, 5.74) is 3.95. The monoisotopic (exact) mass is 444 g/mol. The van der Waals surface area contributed by atoms with Gasteiger partial charge in [-0.05, 0) is 28.8 Å². The molecule has 0 aliphatic carbocycles. The van der Waals surface area contributed by atoms with Gasteiger partial charge in [0.2, 0.25) is 11.8 Å². The Hall–Kier alpha value is -3.64. The van der Waals surface area contributed by atoms with Crippen molar-refractivity contribution in [3.8, 4) is 5.75 Å². The van der Waals surface area contributed by atoms with Crippen LogP contribution in [0, 0.1) is 0 Å². The van der Waals surface area contributed by atoms with E-state index in [0.717, 1.165) is 22.4 Å². The van der Waals surface area contributed by atoms with E-state index in [0.29, 0.717) is 38.7 Å². The molecule has 0 bridgehead atoms. The lowest BCUT2D eigenvalue weighted by molar-refractivity contribution is -0.125. The highest BCUT2D eigenvalue weighted by atomic mass is 16.5. The minimum Gasteiger partial charge on any atom is -0.490 e. The van der Waals surface area contributed by atoms with Gasteiger partial charge in [-0.15, -0.1) is 0 Å². The molecule has 170 valence electrons. The van der Waals surface area contributed by atoms with Crippen LogP contribution in [0.4, 0.5) is 5.69 Å². The first-order valence-electron chi connectivity index (χ1n) is 11.2. The quantitative estimate of drug-likeness (QED) is 0.537. The number of carbonyl (C=O) groups excluding carboxylic acids is 2. The highest BCUT2D eigenvalue weighted by molar-refractivity contribution is 5.97. The minimum absolute atomic E-state index is 0.0709. The lowest BCUT2D eigenvalue weighted by Gasteiger charge is -2.29. The highest BCUT2D eigenvalue weighted by Gasteiger charge is 2.23. The zero-order chi connectivity index (χ0) is 22.9. The molecular formula is C27H28N2O4. The van der Waals surface area contributed by atoms with Gasteiger partial charge >= 0.3 is 0 Å². The van der Waals surface area contributed by atoms with Gasteiger partial charge in [0.25, 0.3) is 0 Å². The van der Waals surface area contributed by atoms with Crippen molar-refractivity contribution in [1.82, 2.24) is 5.32 Å². The molecule has 0 saturated heterocycles. The zero-order valence-corrected chi connectivity index (χ0v) is 18.5. The molecule has 0 radical (unpaired) electrons. The number of fused-ring (bicyclic) bond motifs is 1. The van der Waals surface area contributed by atoms with Crippen LogP contribution in [0.3, 0.4) is 0 Å². The largest absolute Gasteiger partial charge is 0.490 e. The number of para-hydroxylation sites is 2. The average molecular weight is 445 g/mol. The van der Waals surface area contributed by atoms with E-state index in [2.05, 4.69) is 5.32 Å². The molecule has 2 amide bonds. The van der Waals surface area contributed by atoms with Crippen LogP contribution in [0.5, 0.6) is 5.75 Å². The first-order valence-corrected chi connectivity index (χ1v) is 11.2. The summed E-state index contributed by atoms with van der Waals surface area (Å²) in [4.78, 5) is 26.7. The first kappa shape index (κ1) is 22.6. The SMILES string of the molecule is O=C(CCC(=O)N1CCOc2ccccc21)NCc1cccc(COCc2ccccc2)c1. The Kier molecular flexibility index (Phi) is 7.72. The van der Waals surface area contributed by atoms with E-state index < -0.39 is 0 Å². The van der Waals surface area contributed by atoms with Crippen molar-refractivity contribution in [2.24, 2.45) is 0 Å². The number of amides is 2. The molecule has 1 aliphatic rings. The second-order valence-corrected chi connectivity index (χ2v) is 7.94. The molecule has 1 N–H and O–H groups in total. The van der Waals surface area contributed by atoms with Gasteiger partial charge in [-0.1, -0.05) is 66.7 Å². The molecule has 3 aromatic rings. The van der Waals surface area contributed by atoms with Gasteiger partial charge in [0.15, 0.2) is 0 Å². The third kappa shape index (κ3) is 6.43. The first-order chi connectivity index (χ1) is 16.2. The van der Waals surface area contributed by atoms with Crippen molar-refractivity contribution < 1.29 is 19.1 Å². The van der Waals surface area contributed by atoms with Crippen molar-refractivity contribution in [3.05, 3.63) is 95.6 Å². The normalized spacial score (nSPS) is 12.5. The molecule has 0 saturated carbocycles. The van der Waals surface area contributed by atoms with Crippen molar-refractivity contribution in [3.63, 3.8) is 0 Å². The number of hydrogen-bond acceptors (Lipinski definition) is 4. The fraction of sp³-hybridized carbons (Fsp3) is 0.259. The maximum atomic E-state index is 12.7. The van der Waals surface area contributed by atoms with Gasteiger partial charge in [-0.25, -0.2) is 0 Å². The Labute approximate surface area is 194 Å². The molecule has 0 unspecified atom stereocenters. The van der Waals surface area contributed by atoms with Gasteiger partial charge in [0.1, 0.15) is 12.4 Å². The van der Waals surface area contributed by atoms with E-state index in [9.17, 15) is 9.59 Å². The maximum Gasteiger partial charge on any atom is 0.227 e. The van der Waals surface area contributed by atoms with Crippen LogP contribution in [0.25, 0.3) is 0 Å². The number of carbonyl (C=O) groups is 2. The van der Waals surface area contributed by atoms with Gasteiger partial charge in [-0.2, -0.15) is 0 Å². The molecule has 6 nitrogen and oxygen atoms in total. The summed E-state index contributed by atoms with van der Waals surface area (Å²) in [7, 11) is 0. The lowest BCUT2D eigenvalue weighted by atomic mass is 10.1. The predicted octanol–water partition coefficient (Wildman–Crippen LogP) is 4.23. The zero-order valence-electron chi connectivity index (χ0n) is 18.5. The minimum atomic E-state index is -0.143. The van der Waals surface area contributed by atoms with Crippen LogP contribution in [-0.4, -0.2) is 25.0 Å². The van der Waals surface area contributed by atoms with E-state index in [4.69, 9.17) is 9.47 Å². The molecule has 0 aromatic heterocycles. The summed E-state index contributed by atoms with van der Waals surface area (Å²) in [6.45, 7) is 2.44. The van der Waals surface area contributed by atoms with Crippen molar-refractivity contribution in [2.75, 3.05) is 18.1 Å². The third-order valence-electron chi connectivity index (χ3n) is 5.46. The maximum absolute atomic E-state index is 12.7.